The maximum Gasteiger partial charge on any atom is 0.240 e. The standard InChI is InChI=1S/C11H16BrNO2S/c1-9-3-5-11(6-4-9)16(14,15)13-8-7-10(2)12/h3-6,10,13H,7-8H2,1-2H3. The molecule has 0 aromatic heterocycles. The first-order chi connectivity index (χ1) is 7.42. The smallest absolute Gasteiger partial charge is 0.211 e. The molecule has 0 heterocycles. The van der Waals surface area contributed by atoms with Crippen molar-refractivity contribution in [3.63, 3.8) is 0 Å². The van der Waals surface area contributed by atoms with Crippen molar-refractivity contribution in [1.29, 1.82) is 0 Å². The molecular formula is C11H16BrNO2S. The van der Waals surface area contributed by atoms with E-state index < -0.39 is 10.0 Å². The van der Waals surface area contributed by atoms with Crippen molar-refractivity contribution < 1.29 is 8.42 Å². The first kappa shape index (κ1) is 13.7. The molecule has 90 valence electrons. The second kappa shape index (κ2) is 5.80. The molecule has 0 aliphatic heterocycles. The van der Waals surface area contributed by atoms with Crippen molar-refractivity contribution in [2.24, 2.45) is 0 Å². The molecule has 1 atom stereocenters. The summed E-state index contributed by atoms with van der Waals surface area (Å²) >= 11 is 3.37. The van der Waals surface area contributed by atoms with Crippen LogP contribution in [0, 0.1) is 6.92 Å². The molecule has 3 nitrogen and oxygen atoms in total. The van der Waals surface area contributed by atoms with Gasteiger partial charge in [-0.25, -0.2) is 13.1 Å². The summed E-state index contributed by atoms with van der Waals surface area (Å²) in [5, 5.41) is 0. The fourth-order valence-corrected chi connectivity index (χ4v) is 2.47. The third kappa shape index (κ3) is 4.23. The monoisotopic (exact) mass is 305 g/mol. The van der Waals surface area contributed by atoms with Crippen LogP contribution in [0.3, 0.4) is 0 Å². The Kier molecular flexibility index (Phi) is 4.95. The topological polar surface area (TPSA) is 46.2 Å². The Balaban J connectivity index is 2.67. The molecule has 0 fully saturated rings. The van der Waals surface area contributed by atoms with E-state index in [2.05, 4.69) is 20.7 Å². The summed E-state index contributed by atoms with van der Waals surface area (Å²) in [6.45, 7) is 4.36. The second-order valence-electron chi connectivity index (χ2n) is 3.78. The highest BCUT2D eigenvalue weighted by Crippen LogP contribution is 2.10. The van der Waals surface area contributed by atoms with Gasteiger partial charge >= 0.3 is 0 Å². The summed E-state index contributed by atoms with van der Waals surface area (Å²) in [6.07, 6.45) is 0.769. The molecule has 0 amide bonds. The molecule has 1 N–H and O–H groups in total. The summed E-state index contributed by atoms with van der Waals surface area (Å²) in [5.74, 6) is 0. The van der Waals surface area contributed by atoms with Gasteiger partial charge in [0.25, 0.3) is 0 Å². The van der Waals surface area contributed by atoms with E-state index in [1.807, 2.05) is 13.8 Å². The number of benzene rings is 1. The average molecular weight is 306 g/mol. The number of hydrogen-bond acceptors (Lipinski definition) is 2. The van der Waals surface area contributed by atoms with Crippen LogP contribution >= 0.6 is 15.9 Å². The highest BCUT2D eigenvalue weighted by atomic mass is 79.9. The van der Waals surface area contributed by atoms with Crippen LogP contribution in [0.1, 0.15) is 18.9 Å². The molecule has 1 rings (SSSR count). The maximum absolute atomic E-state index is 11.8. The van der Waals surface area contributed by atoms with Crippen molar-refractivity contribution in [1.82, 2.24) is 4.72 Å². The first-order valence-electron chi connectivity index (χ1n) is 5.12. The normalized spacial score (nSPS) is 13.7. The molecule has 1 aromatic carbocycles. The van der Waals surface area contributed by atoms with Crippen LogP contribution < -0.4 is 4.72 Å². The van der Waals surface area contributed by atoms with E-state index in [1.54, 1.807) is 24.3 Å². The molecule has 1 aromatic rings. The fraction of sp³-hybridized carbons (Fsp3) is 0.455. The van der Waals surface area contributed by atoms with E-state index in [4.69, 9.17) is 0 Å². The minimum absolute atomic E-state index is 0.313. The van der Waals surface area contributed by atoms with Crippen LogP contribution in [0.15, 0.2) is 29.2 Å². The van der Waals surface area contributed by atoms with Crippen LogP contribution in [0.25, 0.3) is 0 Å². The Bertz CT molecular complexity index is 426. The van der Waals surface area contributed by atoms with Gasteiger partial charge in [-0.3, -0.25) is 0 Å². The Morgan fingerprint density at radius 3 is 2.38 bits per heavy atom. The van der Waals surface area contributed by atoms with Gasteiger partial charge in [-0.2, -0.15) is 0 Å². The van der Waals surface area contributed by atoms with Gasteiger partial charge in [0.15, 0.2) is 0 Å². The van der Waals surface area contributed by atoms with Gasteiger partial charge in [0.2, 0.25) is 10.0 Å². The Labute approximate surface area is 105 Å². The Morgan fingerprint density at radius 2 is 1.88 bits per heavy atom. The predicted octanol–water partition coefficient (Wildman–Crippen LogP) is 2.45. The third-order valence-electron chi connectivity index (χ3n) is 2.17. The lowest BCUT2D eigenvalue weighted by Gasteiger charge is -2.07. The summed E-state index contributed by atoms with van der Waals surface area (Å²) in [4.78, 5) is 0.633. The summed E-state index contributed by atoms with van der Waals surface area (Å²) in [5.41, 5.74) is 1.05. The molecule has 0 spiro atoms. The molecule has 0 aliphatic rings. The van der Waals surface area contributed by atoms with Crippen molar-refractivity contribution >= 4 is 26.0 Å². The number of halogens is 1. The van der Waals surface area contributed by atoms with Crippen molar-refractivity contribution in [2.75, 3.05) is 6.54 Å². The summed E-state index contributed by atoms with van der Waals surface area (Å²) in [6, 6.07) is 6.83. The third-order valence-corrected chi connectivity index (χ3v) is 4.10. The van der Waals surface area contributed by atoms with Crippen molar-refractivity contribution in [3.8, 4) is 0 Å². The highest BCUT2D eigenvalue weighted by Gasteiger charge is 2.12. The van der Waals surface area contributed by atoms with Crippen LogP contribution in [0.4, 0.5) is 0 Å². The van der Waals surface area contributed by atoms with Crippen LogP contribution in [-0.4, -0.2) is 19.8 Å². The van der Waals surface area contributed by atoms with E-state index >= 15 is 0 Å². The molecule has 0 bridgehead atoms. The van der Waals surface area contributed by atoms with Gasteiger partial charge in [0, 0.05) is 11.4 Å². The van der Waals surface area contributed by atoms with Gasteiger partial charge in [-0.05, 0) is 25.5 Å². The molecule has 1 unspecified atom stereocenters. The minimum atomic E-state index is -3.34. The zero-order valence-corrected chi connectivity index (χ0v) is 11.8. The molecule has 0 radical (unpaired) electrons. The van der Waals surface area contributed by atoms with Gasteiger partial charge < -0.3 is 0 Å². The summed E-state index contributed by atoms with van der Waals surface area (Å²) in [7, 11) is -3.34. The predicted molar refractivity (Wildman–Crippen MR) is 69.4 cm³/mol. The van der Waals surface area contributed by atoms with E-state index in [-0.39, 0.29) is 0 Å². The lowest BCUT2D eigenvalue weighted by molar-refractivity contribution is 0.579. The molecule has 0 saturated carbocycles. The van der Waals surface area contributed by atoms with Crippen molar-refractivity contribution in [3.05, 3.63) is 29.8 Å². The van der Waals surface area contributed by atoms with E-state index in [0.29, 0.717) is 16.3 Å². The lowest BCUT2D eigenvalue weighted by atomic mass is 10.2. The van der Waals surface area contributed by atoms with Crippen LogP contribution in [0.5, 0.6) is 0 Å². The van der Waals surface area contributed by atoms with Gasteiger partial charge in [-0.1, -0.05) is 40.5 Å². The number of hydrogen-bond donors (Lipinski definition) is 1. The van der Waals surface area contributed by atoms with Crippen LogP contribution in [0.2, 0.25) is 0 Å². The van der Waals surface area contributed by atoms with E-state index in [1.165, 1.54) is 0 Å². The molecular weight excluding hydrogens is 290 g/mol. The zero-order chi connectivity index (χ0) is 12.2. The first-order valence-corrected chi connectivity index (χ1v) is 7.52. The van der Waals surface area contributed by atoms with E-state index in [0.717, 1.165) is 12.0 Å². The number of sulfonamides is 1. The minimum Gasteiger partial charge on any atom is -0.211 e. The van der Waals surface area contributed by atoms with Gasteiger partial charge in [0.05, 0.1) is 4.90 Å². The Morgan fingerprint density at radius 1 is 1.31 bits per heavy atom. The molecule has 0 saturated heterocycles. The number of rotatable bonds is 5. The highest BCUT2D eigenvalue weighted by molar-refractivity contribution is 9.09. The number of nitrogens with one attached hydrogen (secondary N) is 1. The second-order valence-corrected chi connectivity index (χ2v) is 7.11. The SMILES string of the molecule is Cc1ccc(S(=O)(=O)NCCC(C)Br)cc1. The summed E-state index contributed by atoms with van der Waals surface area (Å²) < 4.78 is 26.2. The van der Waals surface area contributed by atoms with Crippen LogP contribution in [-0.2, 0) is 10.0 Å². The number of aryl methyl sites for hydroxylation is 1. The lowest BCUT2D eigenvalue weighted by Crippen LogP contribution is -2.25. The average Bonchev–Trinajstić information content (AvgIpc) is 2.17. The quantitative estimate of drug-likeness (QED) is 0.849. The largest absolute Gasteiger partial charge is 0.240 e. The fourth-order valence-electron chi connectivity index (χ4n) is 1.19. The zero-order valence-electron chi connectivity index (χ0n) is 9.40. The molecule has 16 heavy (non-hydrogen) atoms. The number of alkyl halides is 1. The van der Waals surface area contributed by atoms with E-state index in [9.17, 15) is 8.42 Å². The van der Waals surface area contributed by atoms with Gasteiger partial charge in [-0.15, -0.1) is 0 Å². The molecule has 5 heteroatoms. The van der Waals surface area contributed by atoms with Crippen molar-refractivity contribution in [2.45, 2.75) is 30.0 Å². The Hall–Kier alpha value is -0.390. The molecule has 0 aliphatic carbocycles. The maximum atomic E-state index is 11.8. The van der Waals surface area contributed by atoms with Gasteiger partial charge in [0.1, 0.15) is 0 Å².